The normalized spacial score (nSPS) is 21.8. The predicted molar refractivity (Wildman–Crippen MR) is 82.2 cm³/mol. The van der Waals surface area contributed by atoms with Crippen molar-refractivity contribution in [2.45, 2.75) is 38.2 Å². The number of para-hydroxylation sites is 1. The summed E-state index contributed by atoms with van der Waals surface area (Å²) in [7, 11) is 1.84. The number of hydrogen-bond donors (Lipinski definition) is 1. The Kier molecular flexibility index (Phi) is 6.05. The van der Waals surface area contributed by atoms with E-state index in [4.69, 9.17) is 4.74 Å². The first kappa shape index (κ1) is 15.8. The van der Waals surface area contributed by atoms with E-state index < -0.39 is 0 Å². The number of carbonyl (C=O) groups is 1. The maximum absolute atomic E-state index is 12.3. The molecule has 4 nitrogen and oxygen atoms in total. The third-order valence-electron chi connectivity index (χ3n) is 4.02. The Morgan fingerprint density at radius 1 is 1.33 bits per heavy atom. The second-order valence-corrected chi connectivity index (χ2v) is 5.79. The number of aliphatic hydroxyl groups excluding tert-OH is 1. The van der Waals surface area contributed by atoms with E-state index in [9.17, 15) is 9.90 Å². The molecule has 2 atom stereocenters. The lowest BCUT2D eigenvalue weighted by Crippen LogP contribution is -2.37. The van der Waals surface area contributed by atoms with Gasteiger partial charge in [-0.2, -0.15) is 0 Å². The lowest BCUT2D eigenvalue weighted by molar-refractivity contribution is -0.136. The molecule has 1 fully saturated rings. The number of nitrogens with zero attached hydrogens (tertiary/aromatic N) is 1. The fourth-order valence-corrected chi connectivity index (χ4v) is 2.82. The van der Waals surface area contributed by atoms with E-state index in [1.54, 1.807) is 4.90 Å². The third kappa shape index (κ3) is 5.05. The van der Waals surface area contributed by atoms with Crippen molar-refractivity contribution in [3.8, 4) is 5.75 Å². The van der Waals surface area contributed by atoms with E-state index in [1.807, 2.05) is 37.4 Å². The number of amides is 1. The van der Waals surface area contributed by atoms with E-state index >= 15 is 0 Å². The monoisotopic (exact) mass is 291 g/mol. The number of benzene rings is 1. The van der Waals surface area contributed by atoms with Gasteiger partial charge in [-0.25, -0.2) is 0 Å². The van der Waals surface area contributed by atoms with Crippen LogP contribution in [0.25, 0.3) is 0 Å². The average molecular weight is 291 g/mol. The average Bonchev–Trinajstić information content (AvgIpc) is 2.51. The van der Waals surface area contributed by atoms with Gasteiger partial charge in [0.1, 0.15) is 5.75 Å². The molecule has 0 aromatic heterocycles. The number of rotatable bonds is 6. The van der Waals surface area contributed by atoms with Gasteiger partial charge in [0.15, 0.2) is 0 Å². The van der Waals surface area contributed by atoms with Gasteiger partial charge >= 0.3 is 0 Å². The van der Waals surface area contributed by atoms with Gasteiger partial charge in [0.05, 0.1) is 12.7 Å². The van der Waals surface area contributed by atoms with Crippen LogP contribution in [-0.4, -0.2) is 42.2 Å². The van der Waals surface area contributed by atoms with Gasteiger partial charge in [-0.05, 0) is 37.8 Å². The highest BCUT2D eigenvalue weighted by Crippen LogP contribution is 2.25. The van der Waals surface area contributed by atoms with Crippen molar-refractivity contribution in [3.63, 3.8) is 0 Å². The molecule has 21 heavy (non-hydrogen) atoms. The Hall–Kier alpha value is -1.55. The van der Waals surface area contributed by atoms with Crippen LogP contribution in [0, 0.1) is 5.92 Å². The molecular formula is C17H25NO3. The van der Waals surface area contributed by atoms with Gasteiger partial charge < -0.3 is 14.7 Å². The molecule has 0 bridgehead atoms. The van der Waals surface area contributed by atoms with Gasteiger partial charge in [-0.1, -0.05) is 24.6 Å². The van der Waals surface area contributed by atoms with Crippen molar-refractivity contribution in [2.75, 3.05) is 20.2 Å². The van der Waals surface area contributed by atoms with Crippen LogP contribution in [0.3, 0.4) is 0 Å². The zero-order valence-corrected chi connectivity index (χ0v) is 12.7. The molecule has 0 unspecified atom stereocenters. The molecule has 116 valence electrons. The molecule has 0 aliphatic heterocycles. The van der Waals surface area contributed by atoms with Gasteiger partial charge in [0.2, 0.25) is 5.91 Å². The van der Waals surface area contributed by atoms with E-state index in [0.29, 0.717) is 19.6 Å². The van der Waals surface area contributed by atoms with E-state index in [1.165, 1.54) is 0 Å². The van der Waals surface area contributed by atoms with E-state index in [0.717, 1.165) is 31.4 Å². The Morgan fingerprint density at radius 3 is 2.81 bits per heavy atom. The van der Waals surface area contributed by atoms with Crippen LogP contribution in [0.5, 0.6) is 5.75 Å². The second kappa shape index (κ2) is 8.03. The molecule has 1 saturated carbocycles. The lowest BCUT2D eigenvalue weighted by Gasteiger charge is -2.28. The molecule has 1 amide bonds. The van der Waals surface area contributed by atoms with Crippen molar-refractivity contribution in [3.05, 3.63) is 30.3 Å². The minimum Gasteiger partial charge on any atom is -0.494 e. The minimum absolute atomic E-state index is 0.00575. The van der Waals surface area contributed by atoms with Crippen LogP contribution in [0.15, 0.2) is 30.3 Å². The van der Waals surface area contributed by atoms with Crippen molar-refractivity contribution < 1.29 is 14.6 Å². The molecule has 4 heteroatoms. The molecule has 2 rings (SSSR count). The standard InChI is InChI=1S/C17H25NO3/c1-18(17(20)14-7-5-8-15(19)13-14)11-6-12-21-16-9-3-2-4-10-16/h2-4,9-10,14-15,19H,5-8,11-13H2,1H3/t14-,15+/m1/s1. The van der Waals surface area contributed by atoms with Gasteiger partial charge in [-0.3, -0.25) is 4.79 Å². The van der Waals surface area contributed by atoms with Crippen LogP contribution < -0.4 is 4.74 Å². The topological polar surface area (TPSA) is 49.8 Å². The van der Waals surface area contributed by atoms with E-state index in [2.05, 4.69) is 0 Å². The first-order valence-electron chi connectivity index (χ1n) is 7.77. The first-order valence-corrected chi connectivity index (χ1v) is 7.77. The second-order valence-electron chi connectivity index (χ2n) is 5.79. The fourth-order valence-electron chi connectivity index (χ4n) is 2.82. The quantitative estimate of drug-likeness (QED) is 0.819. The molecule has 1 aromatic carbocycles. The third-order valence-corrected chi connectivity index (χ3v) is 4.02. The molecule has 1 aliphatic rings. The summed E-state index contributed by atoms with van der Waals surface area (Å²) in [5.41, 5.74) is 0. The molecule has 1 aliphatic carbocycles. The first-order chi connectivity index (χ1) is 10.2. The van der Waals surface area contributed by atoms with Gasteiger partial charge in [0.25, 0.3) is 0 Å². The summed E-state index contributed by atoms with van der Waals surface area (Å²) in [4.78, 5) is 14.1. The summed E-state index contributed by atoms with van der Waals surface area (Å²) in [6.45, 7) is 1.30. The molecule has 0 heterocycles. The molecular weight excluding hydrogens is 266 g/mol. The highest BCUT2D eigenvalue weighted by molar-refractivity contribution is 5.78. The smallest absolute Gasteiger partial charge is 0.225 e. The lowest BCUT2D eigenvalue weighted by atomic mass is 9.86. The highest BCUT2D eigenvalue weighted by Gasteiger charge is 2.27. The van der Waals surface area contributed by atoms with Crippen molar-refractivity contribution in [1.82, 2.24) is 4.90 Å². The summed E-state index contributed by atoms with van der Waals surface area (Å²) >= 11 is 0. The number of ether oxygens (including phenoxy) is 1. The largest absolute Gasteiger partial charge is 0.494 e. The van der Waals surface area contributed by atoms with Gasteiger partial charge in [0, 0.05) is 19.5 Å². The zero-order chi connectivity index (χ0) is 15.1. The minimum atomic E-state index is -0.303. The maximum Gasteiger partial charge on any atom is 0.225 e. The molecule has 0 radical (unpaired) electrons. The summed E-state index contributed by atoms with van der Waals surface area (Å²) in [5, 5.41) is 9.66. The Morgan fingerprint density at radius 2 is 2.10 bits per heavy atom. The fraction of sp³-hybridized carbons (Fsp3) is 0.588. The molecule has 1 N–H and O–H groups in total. The molecule has 0 spiro atoms. The number of aliphatic hydroxyl groups is 1. The molecule has 0 saturated heterocycles. The van der Waals surface area contributed by atoms with Crippen molar-refractivity contribution in [1.29, 1.82) is 0 Å². The summed E-state index contributed by atoms with van der Waals surface area (Å²) in [6.07, 6.45) is 3.81. The van der Waals surface area contributed by atoms with Crippen LogP contribution in [0.4, 0.5) is 0 Å². The maximum atomic E-state index is 12.3. The number of carbonyl (C=O) groups excluding carboxylic acids is 1. The van der Waals surface area contributed by atoms with E-state index in [-0.39, 0.29) is 17.9 Å². The predicted octanol–water partition coefficient (Wildman–Crippen LogP) is 2.47. The van der Waals surface area contributed by atoms with Crippen molar-refractivity contribution >= 4 is 5.91 Å². The van der Waals surface area contributed by atoms with Crippen LogP contribution in [-0.2, 0) is 4.79 Å². The van der Waals surface area contributed by atoms with Crippen LogP contribution in [0.1, 0.15) is 32.1 Å². The Balaban J connectivity index is 1.66. The van der Waals surface area contributed by atoms with Gasteiger partial charge in [-0.15, -0.1) is 0 Å². The highest BCUT2D eigenvalue weighted by atomic mass is 16.5. The SMILES string of the molecule is CN(CCCOc1ccccc1)C(=O)[C@@H]1CCC[C@H](O)C1. The summed E-state index contributed by atoms with van der Waals surface area (Å²) in [5.74, 6) is 1.02. The Labute approximate surface area is 126 Å². The zero-order valence-electron chi connectivity index (χ0n) is 12.7. The van der Waals surface area contributed by atoms with Crippen LogP contribution >= 0.6 is 0 Å². The molecule has 1 aromatic rings. The number of hydrogen-bond acceptors (Lipinski definition) is 3. The van der Waals surface area contributed by atoms with Crippen molar-refractivity contribution in [2.24, 2.45) is 5.92 Å². The summed E-state index contributed by atoms with van der Waals surface area (Å²) < 4.78 is 5.62. The summed E-state index contributed by atoms with van der Waals surface area (Å²) in [6, 6.07) is 9.70. The Bertz CT molecular complexity index is 435. The van der Waals surface area contributed by atoms with Crippen LogP contribution in [0.2, 0.25) is 0 Å².